The van der Waals surface area contributed by atoms with E-state index in [0.29, 0.717) is 89.0 Å². The second kappa shape index (κ2) is 25.9. The summed E-state index contributed by atoms with van der Waals surface area (Å²) >= 11 is 0. The lowest BCUT2D eigenvalue weighted by Crippen LogP contribution is -2.48. The van der Waals surface area contributed by atoms with Crippen molar-refractivity contribution < 1.29 is 36.6 Å². The standard InChI is InChI=1S/C34H37F3N6O2.C32H33F2N5O3/c1-21-10-16-41(17-11-21)24-12-18-42(19-13-24)34-39-30(26-20-23(7-6-22(26)2)33(45)38-15-14-35)25-8-9-29(44)43(32(25)40-34)31-27(36)4-3-5-28(31)37;1-19-10-14-37(15-11-19)22-12-16-38(17-13-22)32-35-28(24-18-21(31(41)42)7-6-20(24)2)23-8-9-27(40)39(30(23)36-32)29-25(33)4-3-5-26(29)34/h3-9,20-21,24H,10-19H2,1-2H3,(H,38,45);3-9,18-19,22H,10-17H2,1-2H3,(H,41,42). The van der Waals surface area contributed by atoms with Gasteiger partial charge in [-0.05, 0) is 175 Å². The van der Waals surface area contributed by atoms with Crippen LogP contribution >= 0.6 is 0 Å². The predicted molar refractivity (Wildman–Crippen MR) is 326 cm³/mol. The molecule has 8 heterocycles. The Balaban J connectivity index is 0.000000181. The van der Waals surface area contributed by atoms with E-state index < -0.39 is 64.3 Å². The fraction of sp³-hybridized carbons (Fsp3) is 0.394. The van der Waals surface area contributed by atoms with Crippen LogP contribution in [-0.2, 0) is 0 Å². The zero-order chi connectivity index (χ0) is 61.2. The first-order valence-corrected chi connectivity index (χ1v) is 30.0. The van der Waals surface area contributed by atoms with Crippen LogP contribution in [0.2, 0.25) is 0 Å². The molecule has 4 fully saturated rings. The summed E-state index contributed by atoms with van der Waals surface area (Å²) in [5, 5.41) is 13.0. The number of aromatic carboxylic acids is 1. The largest absolute Gasteiger partial charge is 0.478 e. The second-order valence-electron chi connectivity index (χ2n) is 23.6. The minimum atomic E-state index is -1.09. The second-order valence-corrected chi connectivity index (χ2v) is 23.6. The van der Waals surface area contributed by atoms with E-state index in [9.17, 15) is 28.7 Å². The van der Waals surface area contributed by atoms with Gasteiger partial charge in [0.1, 0.15) is 41.3 Å². The number of pyridine rings is 2. The third-order valence-electron chi connectivity index (χ3n) is 17.8. The summed E-state index contributed by atoms with van der Waals surface area (Å²) in [5.41, 5.74) is 1.69. The molecular formula is C66H70F5N11O5. The number of piperidine rings is 4. The lowest BCUT2D eigenvalue weighted by Gasteiger charge is -2.41. The summed E-state index contributed by atoms with van der Waals surface area (Å²) in [5.74, 6) is -2.94. The molecule has 4 aliphatic rings. The number of nitrogens with one attached hydrogen (secondary N) is 1. The van der Waals surface area contributed by atoms with Crippen LogP contribution < -0.4 is 26.2 Å². The highest BCUT2D eigenvalue weighted by Crippen LogP contribution is 2.37. The van der Waals surface area contributed by atoms with E-state index in [1.165, 1.54) is 68.1 Å². The smallest absolute Gasteiger partial charge is 0.335 e. The minimum absolute atomic E-state index is 0.0544. The topological polar surface area (TPSA) is 175 Å². The van der Waals surface area contributed by atoms with E-state index in [2.05, 4.69) is 33.9 Å². The van der Waals surface area contributed by atoms with Crippen molar-refractivity contribution in [1.29, 1.82) is 0 Å². The molecule has 0 bridgehead atoms. The minimum Gasteiger partial charge on any atom is -0.478 e. The van der Waals surface area contributed by atoms with Crippen LogP contribution in [0.25, 0.3) is 56.0 Å². The van der Waals surface area contributed by atoms with E-state index in [-0.39, 0.29) is 23.4 Å². The van der Waals surface area contributed by atoms with Gasteiger partial charge in [0.05, 0.1) is 17.0 Å². The first-order chi connectivity index (χ1) is 42.0. The SMILES string of the molecule is Cc1ccc(C(=O)NCCF)cc1-c1nc(N2CCC(N3CCC(C)CC3)CC2)nc2c1ccc(=O)n2-c1c(F)cccc1F.Cc1ccc(C(=O)O)cc1-c1nc(N2CCC(N3CCC(C)CC3)CC2)nc2c1ccc(=O)n2-c1c(F)cccc1F. The molecule has 4 aliphatic heterocycles. The molecule has 4 aromatic heterocycles. The normalized spacial score (nSPS) is 17.0. The van der Waals surface area contributed by atoms with Gasteiger partial charge >= 0.3 is 5.97 Å². The highest BCUT2D eigenvalue weighted by molar-refractivity contribution is 5.99. The van der Waals surface area contributed by atoms with Gasteiger partial charge in [-0.25, -0.2) is 36.7 Å². The summed E-state index contributed by atoms with van der Waals surface area (Å²) in [4.78, 5) is 79.8. The fourth-order valence-corrected chi connectivity index (χ4v) is 12.7. The Morgan fingerprint density at radius 1 is 0.529 bits per heavy atom. The average molecular weight is 1190 g/mol. The molecule has 0 saturated carbocycles. The zero-order valence-corrected chi connectivity index (χ0v) is 49.2. The number of rotatable bonds is 12. The predicted octanol–water partition coefficient (Wildman–Crippen LogP) is 10.9. The number of nitrogens with zero attached hydrogens (tertiary/aromatic N) is 10. The van der Waals surface area contributed by atoms with E-state index in [1.807, 2.05) is 18.7 Å². The molecule has 4 aromatic carbocycles. The number of likely N-dealkylation sites (tertiary alicyclic amines) is 2. The molecule has 4 saturated heterocycles. The Labute approximate surface area is 500 Å². The third kappa shape index (κ3) is 12.6. The molecule has 0 aliphatic carbocycles. The molecule has 454 valence electrons. The monoisotopic (exact) mass is 1190 g/mol. The summed E-state index contributed by atoms with van der Waals surface area (Å²) in [6.45, 7) is 14.6. The summed E-state index contributed by atoms with van der Waals surface area (Å²) in [6, 6.07) is 23.2. The van der Waals surface area contributed by atoms with Gasteiger partial charge in [-0.2, -0.15) is 9.97 Å². The lowest BCUT2D eigenvalue weighted by molar-refractivity contribution is 0.0696. The van der Waals surface area contributed by atoms with Gasteiger partial charge in [0.25, 0.3) is 17.0 Å². The van der Waals surface area contributed by atoms with Crippen LogP contribution in [0.5, 0.6) is 0 Å². The molecule has 12 rings (SSSR count). The lowest BCUT2D eigenvalue weighted by atomic mass is 9.95. The number of aromatic nitrogens is 6. The van der Waals surface area contributed by atoms with Crippen molar-refractivity contribution in [2.75, 3.05) is 75.4 Å². The number of carboxylic acid groups (broad SMARTS) is 1. The Hall–Kier alpha value is -8.43. The summed E-state index contributed by atoms with van der Waals surface area (Å²) in [7, 11) is 0. The number of hydrogen-bond acceptors (Lipinski definition) is 12. The van der Waals surface area contributed by atoms with Gasteiger partial charge in [0, 0.05) is 84.4 Å². The number of anilines is 2. The highest BCUT2D eigenvalue weighted by Gasteiger charge is 2.32. The maximum absolute atomic E-state index is 15.1. The fourth-order valence-electron chi connectivity index (χ4n) is 12.7. The summed E-state index contributed by atoms with van der Waals surface area (Å²) in [6.07, 6.45) is 8.48. The van der Waals surface area contributed by atoms with Gasteiger partial charge in [-0.15, -0.1) is 0 Å². The number of aryl methyl sites for hydroxylation is 2. The van der Waals surface area contributed by atoms with Crippen molar-refractivity contribution >= 4 is 45.8 Å². The summed E-state index contributed by atoms with van der Waals surface area (Å²) < 4.78 is 75.1. The van der Waals surface area contributed by atoms with Gasteiger partial charge in [0.2, 0.25) is 11.9 Å². The number of para-hydroxylation sites is 2. The van der Waals surface area contributed by atoms with E-state index in [4.69, 9.17) is 19.9 Å². The number of amides is 1. The Morgan fingerprint density at radius 3 is 1.31 bits per heavy atom. The number of carboxylic acids is 1. The molecule has 87 heavy (non-hydrogen) atoms. The van der Waals surface area contributed by atoms with Crippen LogP contribution in [0.3, 0.4) is 0 Å². The van der Waals surface area contributed by atoms with Gasteiger partial charge in [0.15, 0.2) is 11.3 Å². The molecule has 8 aromatic rings. The van der Waals surface area contributed by atoms with E-state index in [1.54, 1.807) is 30.3 Å². The van der Waals surface area contributed by atoms with Crippen molar-refractivity contribution in [3.05, 3.63) is 163 Å². The number of alkyl halides is 1. The molecule has 0 spiro atoms. The quantitative estimate of drug-likeness (QED) is 0.111. The van der Waals surface area contributed by atoms with E-state index >= 15 is 17.6 Å². The van der Waals surface area contributed by atoms with Gasteiger partial charge < -0.3 is 30.0 Å². The molecular weight excluding hydrogens is 1120 g/mol. The number of benzene rings is 4. The van der Waals surface area contributed by atoms with E-state index in [0.717, 1.165) is 108 Å². The Morgan fingerprint density at radius 2 is 0.920 bits per heavy atom. The number of hydrogen-bond donors (Lipinski definition) is 2. The average Bonchev–Trinajstić information content (AvgIpc) is 0.948. The van der Waals surface area contributed by atoms with Crippen molar-refractivity contribution in [1.82, 2.24) is 44.2 Å². The molecule has 16 nitrogen and oxygen atoms in total. The highest BCUT2D eigenvalue weighted by atomic mass is 19.1. The maximum Gasteiger partial charge on any atom is 0.335 e. The van der Waals surface area contributed by atoms with Crippen molar-refractivity contribution in [3.8, 4) is 33.9 Å². The van der Waals surface area contributed by atoms with Crippen LogP contribution in [0.4, 0.5) is 33.8 Å². The van der Waals surface area contributed by atoms with Gasteiger partial charge in [-0.3, -0.25) is 23.5 Å². The Kier molecular flexibility index (Phi) is 17.9. The molecule has 2 N–H and O–H groups in total. The number of carbonyl (C=O) groups is 2. The first kappa shape index (κ1) is 60.3. The van der Waals surface area contributed by atoms with Crippen molar-refractivity contribution in [2.24, 2.45) is 11.8 Å². The Bertz CT molecular complexity index is 3980. The van der Waals surface area contributed by atoms with Crippen molar-refractivity contribution in [2.45, 2.75) is 91.1 Å². The molecule has 21 heteroatoms. The number of fused-ring (bicyclic) bond motifs is 2. The van der Waals surface area contributed by atoms with Crippen molar-refractivity contribution in [3.63, 3.8) is 0 Å². The van der Waals surface area contributed by atoms with Crippen LogP contribution in [-0.4, -0.2) is 134 Å². The van der Waals surface area contributed by atoms with Crippen LogP contribution in [0.15, 0.2) is 107 Å². The first-order valence-electron chi connectivity index (χ1n) is 30.0. The molecule has 0 radical (unpaired) electrons. The van der Waals surface area contributed by atoms with Crippen LogP contribution in [0, 0.1) is 49.0 Å². The van der Waals surface area contributed by atoms with Crippen LogP contribution in [0.1, 0.15) is 97.1 Å². The molecule has 0 unspecified atom stereocenters. The zero-order valence-electron chi connectivity index (χ0n) is 49.2. The third-order valence-corrected chi connectivity index (χ3v) is 17.8. The maximum atomic E-state index is 15.1. The number of halogens is 5. The van der Waals surface area contributed by atoms with Gasteiger partial charge in [-0.1, -0.05) is 38.1 Å². The number of carbonyl (C=O) groups excluding carboxylic acids is 1. The molecule has 1 amide bonds. The molecule has 0 atom stereocenters.